The van der Waals surface area contributed by atoms with E-state index >= 15 is 0 Å². The Morgan fingerprint density at radius 3 is 2.48 bits per heavy atom. The van der Waals surface area contributed by atoms with Gasteiger partial charge in [0.1, 0.15) is 0 Å². The van der Waals surface area contributed by atoms with Crippen molar-refractivity contribution in [2.24, 2.45) is 5.92 Å². The molecule has 0 bridgehead atoms. The summed E-state index contributed by atoms with van der Waals surface area (Å²) in [5, 5.41) is 3.07. The molecule has 1 aliphatic rings. The molecular weight excluding hydrogens is 284 g/mol. The third-order valence-electron chi connectivity index (χ3n) is 4.55. The SMILES string of the molecule is CNCc1cc(C)c(C)c(S(=O)(=O)NC(C)C2CCC2)c1. The largest absolute Gasteiger partial charge is 0.316 e. The van der Waals surface area contributed by atoms with E-state index in [2.05, 4.69) is 10.0 Å². The van der Waals surface area contributed by atoms with Crippen LogP contribution in [0, 0.1) is 19.8 Å². The molecule has 1 aliphatic carbocycles. The highest BCUT2D eigenvalue weighted by molar-refractivity contribution is 7.89. The zero-order valence-electron chi connectivity index (χ0n) is 13.4. The molecular formula is C16H26N2O2S. The first-order valence-corrected chi connectivity index (χ1v) is 9.10. The van der Waals surface area contributed by atoms with Gasteiger partial charge in [-0.15, -0.1) is 0 Å². The number of hydrogen-bond acceptors (Lipinski definition) is 3. The van der Waals surface area contributed by atoms with Gasteiger partial charge in [-0.2, -0.15) is 0 Å². The molecule has 118 valence electrons. The molecule has 0 amide bonds. The van der Waals surface area contributed by atoms with Crippen molar-refractivity contribution in [2.75, 3.05) is 7.05 Å². The minimum absolute atomic E-state index is 0.0106. The fourth-order valence-corrected chi connectivity index (χ4v) is 4.51. The van der Waals surface area contributed by atoms with Crippen LogP contribution in [0.5, 0.6) is 0 Å². The Labute approximate surface area is 128 Å². The van der Waals surface area contributed by atoms with E-state index in [4.69, 9.17) is 0 Å². The number of nitrogens with one attached hydrogen (secondary N) is 2. The van der Waals surface area contributed by atoms with Gasteiger partial charge in [0.25, 0.3) is 0 Å². The zero-order valence-corrected chi connectivity index (χ0v) is 14.2. The first kappa shape index (κ1) is 16.5. The maximum atomic E-state index is 12.7. The summed E-state index contributed by atoms with van der Waals surface area (Å²) in [6.07, 6.45) is 3.47. The van der Waals surface area contributed by atoms with E-state index in [1.165, 1.54) is 6.42 Å². The van der Waals surface area contributed by atoms with Gasteiger partial charge in [-0.1, -0.05) is 12.5 Å². The Morgan fingerprint density at radius 2 is 1.95 bits per heavy atom. The Bertz CT molecular complexity index is 607. The number of benzene rings is 1. The average Bonchev–Trinajstić information content (AvgIpc) is 2.30. The van der Waals surface area contributed by atoms with Crippen LogP contribution in [0.1, 0.15) is 42.9 Å². The third kappa shape index (κ3) is 3.65. The van der Waals surface area contributed by atoms with Gasteiger partial charge in [0.15, 0.2) is 0 Å². The van der Waals surface area contributed by atoms with Crippen molar-refractivity contribution in [2.45, 2.75) is 57.5 Å². The van der Waals surface area contributed by atoms with Gasteiger partial charge in [-0.25, -0.2) is 13.1 Å². The lowest BCUT2D eigenvalue weighted by atomic mass is 9.81. The van der Waals surface area contributed by atoms with Gasteiger partial charge >= 0.3 is 0 Å². The van der Waals surface area contributed by atoms with Crippen LogP contribution in [0.3, 0.4) is 0 Å². The van der Waals surface area contributed by atoms with Crippen LogP contribution in [0.25, 0.3) is 0 Å². The summed E-state index contributed by atoms with van der Waals surface area (Å²) >= 11 is 0. The molecule has 5 heteroatoms. The molecule has 0 spiro atoms. The lowest BCUT2D eigenvalue weighted by Crippen LogP contribution is -2.40. The van der Waals surface area contributed by atoms with Crippen molar-refractivity contribution in [1.82, 2.24) is 10.0 Å². The maximum absolute atomic E-state index is 12.7. The Balaban J connectivity index is 2.29. The normalized spacial score (nSPS) is 17.5. The van der Waals surface area contributed by atoms with Crippen molar-refractivity contribution in [3.05, 3.63) is 28.8 Å². The lowest BCUT2D eigenvalue weighted by Gasteiger charge is -2.31. The summed E-state index contributed by atoms with van der Waals surface area (Å²) in [4.78, 5) is 0.416. The van der Waals surface area contributed by atoms with Crippen LogP contribution in [-0.2, 0) is 16.6 Å². The second kappa shape index (κ2) is 6.46. The van der Waals surface area contributed by atoms with Crippen molar-refractivity contribution in [1.29, 1.82) is 0 Å². The van der Waals surface area contributed by atoms with E-state index in [0.29, 0.717) is 17.4 Å². The van der Waals surface area contributed by atoms with E-state index in [1.54, 1.807) is 6.07 Å². The number of hydrogen-bond donors (Lipinski definition) is 2. The quantitative estimate of drug-likeness (QED) is 0.849. The van der Waals surface area contributed by atoms with Crippen molar-refractivity contribution in [3.8, 4) is 0 Å². The van der Waals surface area contributed by atoms with E-state index < -0.39 is 10.0 Å². The summed E-state index contributed by atoms with van der Waals surface area (Å²) in [6.45, 7) is 6.48. The van der Waals surface area contributed by atoms with E-state index in [-0.39, 0.29) is 6.04 Å². The summed E-state index contributed by atoms with van der Waals surface area (Å²) in [5.74, 6) is 0.488. The molecule has 1 aromatic carbocycles. The van der Waals surface area contributed by atoms with Crippen molar-refractivity contribution in [3.63, 3.8) is 0 Å². The molecule has 1 unspecified atom stereocenters. The molecule has 1 atom stereocenters. The number of aryl methyl sites for hydroxylation is 1. The topological polar surface area (TPSA) is 58.2 Å². The standard InChI is InChI=1S/C16H26N2O2S/c1-11-8-14(10-17-4)9-16(12(11)2)21(19,20)18-13(3)15-6-5-7-15/h8-9,13,15,17-18H,5-7,10H2,1-4H3. The van der Waals surface area contributed by atoms with Crippen molar-refractivity contribution < 1.29 is 8.42 Å². The Hall–Kier alpha value is -0.910. The van der Waals surface area contributed by atoms with Crippen LogP contribution < -0.4 is 10.0 Å². The Morgan fingerprint density at radius 1 is 1.29 bits per heavy atom. The summed E-state index contributed by atoms with van der Waals surface area (Å²) in [6, 6.07) is 3.84. The van der Waals surface area contributed by atoms with Crippen LogP contribution in [0.2, 0.25) is 0 Å². The van der Waals surface area contributed by atoms with Gasteiger partial charge < -0.3 is 5.32 Å². The van der Waals surface area contributed by atoms with Crippen LogP contribution in [0.15, 0.2) is 17.0 Å². The molecule has 0 saturated heterocycles. The summed E-state index contributed by atoms with van der Waals surface area (Å²) in [5.41, 5.74) is 2.85. The minimum atomic E-state index is -3.45. The van der Waals surface area contributed by atoms with Gasteiger partial charge in [0, 0.05) is 12.6 Å². The number of rotatable bonds is 6. The molecule has 1 fully saturated rings. The maximum Gasteiger partial charge on any atom is 0.241 e. The van der Waals surface area contributed by atoms with E-state index in [1.807, 2.05) is 33.9 Å². The van der Waals surface area contributed by atoms with Gasteiger partial charge in [0.2, 0.25) is 10.0 Å². The molecule has 0 heterocycles. The predicted octanol–water partition coefficient (Wildman–Crippen LogP) is 2.49. The fraction of sp³-hybridized carbons (Fsp3) is 0.625. The monoisotopic (exact) mass is 310 g/mol. The average molecular weight is 310 g/mol. The summed E-state index contributed by atoms with van der Waals surface area (Å²) < 4.78 is 28.2. The van der Waals surface area contributed by atoms with E-state index in [0.717, 1.165) is 29.5 Å². The molecule has 2 N–H and O–H groups in total. The first-order valence-electron chi connectivity index (χ1n) is 7.62. The molecule has 0 aliphatic heterocycles. The molecule has 21 heavy (non-hydrogen) atoms. The summed E-state index contributed by atoms with van der Waals surface area (Å²) in [7, 11) is -1.59. The second-order valence-electron chi connectivity index (χ2n) is 6.17. The van der Waals surface area contributed by atoms with Crippen LogP contribution in [0.4, 0.5) is 0 Å². The molecule has 1 aromatic rings. The molecule has 2 rings (SSSR count). The zero-order chi connectivity index (χ0) is 15.6. The first-order chi connectivity index (χ1) is 9.85. The van der Waals surface area contributed by atoms with E-state index in [9.17, 15) is 8.42 Å². The lowest BCUT2D eigenvalue weighted by molar-refractivity contribution is 0.260. The van der Waals surface area contributed by atoms with Gasteiger partial charge in [-0.3, -0.25) is 0 Å². The predicted molar refractivity (Wildman–Crippen MR) is 85.8 cm³/mol. The number of sulfonamides is 1. The second-order valence-corrected chi connectivity index (χ2v) is 7.85. The highest BCUT2D eigenvalue weighted by atomic mass is 32.2. The fourth-order valence-electron chi connectivity index (χ4n) is 2.83. The highest BCUT2D eigenvalue weighted by Gasteiger charge is 2.28. The minimum Gasteiger partial charge on any atom is -0.316 e. The molecule has 0 radical (unpaired) electrons. The molecule has 1 saturated carbocycles. The Kier molecular flexibility index (Phi) is 5.07. The molecule has 0 aromatic heterocycles. The van der Waals surface area contributed by atoms with Gasteiger partial charge in [-0.05, 0) is 69.3 Å². The van der Waals surface area contributed by atoms with Gasteiger partial charge in [0.05, 0.1) is 4.90 Å². The molecule has 4 nitrogen and oxygen atoms in total. The van der Waals surface area contributed by atoms with Crippen LogP contribution >= 0.6 is 0 Å². The smallest absolute Gasteiger partial charge is 0.241 e. The third-order valence-corrected chi connectivity index (χ3v) is 6.23. The van der Waals surface area contributed by atoms with Crippen LogP contribution in [-0.4, -0.2) is 21.5 Å². The van der Waals surface area contributed by atoms with Crippen molar-refractivity contribution >= 4 is 10.0 Å². The highest BCUT2D eigenvalue weighted by Crippen LogP contribution is 2.30.